The van der Waals surface area contributed by atoms with Crippen LogP contribution in [-0.4, -0.2) is 29.8 Å². The molecule has 8 heteroatoms. The van der Waals surface area contributed by atoms with Crippen molar-refractivity contribution in [2.45, 2.75) is 0 Å². The number of para-hydroxylation sites is 1. The molecule has 0 saturated carbocycles. The van der Waals surface area contributed by atoms with Crippen LogP contribution in [0.4, 0.5) is 0 Å². The van der Waals surface area contributed by atoms with E-state index in [4.69, 9.17) is 10.1 Å². The lowest BCUT2D eigenvalue weighted by molar-refractivity contribution is 0.969. The third kappa shape index (κ3) is 2.72. The minimum atomic E-state index is 0.688. The summed E-state index contributed by atoms with van der Waals surface area (Å²) in [7, 11) is 0. The van der Waals surface area contributed by atoms with Gasteiger partial charge in [-0.05, 0) is 24.3 Å². The highest BCUT2D eigenvalue weighted by Crippen LogP contribution is 2.38. The van der Waals surface area contributed by atoms with Gasteiger partial charge in [0.25, 0.3) is 0 Å². The van der Waals surface area contributed by atoms with Crippen LogP contribution < -0.4 is 0 Å². The highest BCUT2D eigenvalue weighted by Gasteiger charge is 2.18. The maximum atomic E-state index is 4.83. The summed E-state index contributed by atoms with van der Waals surface area (Å²) in [5, 5.41) is 15.3. The molecule has 0 unspecified atom stereocenters. The molecule has 6 rings (SSSR count). The average molecular weight is 413 g/mol. The molecule has 0 fully saturated rings. The molecule has 0 amide bonds. The van der Waals surface area contributed by atoms with Gasteiger partial charge in [-0.15, -0.1) is 21.5 Å². The van der Waals surface area contributed by atoms with Crippen molar-refractivity contribution in [1.29, 1.82) is 0 Å². The minimum Gasteiger partial charge on any atom is -0.264 e. The lowest BCUT2D eigenvalue weighted by Crippen LogP contribution is -1.92. The Morgan fingerprint density at radius 2 is 1.59 bits per heavy atom. The van der Waals surface area contributed by atoms with Crippen LogP contribution in [0.5, 0.6) is 0 Å². The van der Waals surface area contributed by atoms with E-state index in [-0.39, 0.29) is 0 Å². The summed E-state index contributed by atoms with van der Waals surface area (Å²) in [6.45, 7) is 0. The monoisotopic (exact) mass is 412 g/mol. The van der Waals surface area contributed by atoms with Crippen LogP contribution in [0.3, 0.4) is 0 Å². The number of fused-ring (bicyclic) bond motifs is 2. The molecule has 0 atom stereocenters. The summed E-state index contributed by atoms with van der Waals surface area (Å²) in [6, 6.07) is 20.3. The Balaban J connectivity index is 1.51. The Morgan fingerprint density at radius 1 is 0.759 bits per heavy atom. The molecule has 6 nitrogen and oxygen atoms in total. The molecule has 0 saturated heterocycles. The largest absolute Gasteiger partial charge is 0.264 e. The predicted molar refractivity (Wildman–Crippen MR) is 116 cm³/mol. The van der Waals surface area contributed by atoms with Gasteiger partial charge in [0, 0.05) is 29.1 Å². The topological polar surface area (TPSA) is 68.9 Å². The smallest absolute Gasteiger partial charge is 0.235 e. The van der Waals surface area contributed by atoms with Crippen molar-refractivity contribution in [2.75, 3.05) is 0 Å². The van der Waals surface area contributed by atoms with E-state index in [1.165, 1.54) is 16.0 Å². The maximum Gasteiger partial charge on any atom is 0.235 e. The van der Waals surface area contributed by atoms with E-state index < -0.39 is 0 Å². The van der Waals surface area contributed by atoms with Crippen molar-refractivity contribution in [2.24, 2.45) is 0 Å². The van der Waals surface area contributed by atoms with Crippen molar-refractivity contribution >= 4 is 37.9 Å². The van der Waals surface area contributed by atoms with Gasteiger partial charge >= 0.3 is 0 Å². The van der Waals surface area contributed by atoms with Gasteiger partial charge in [0.05, 0.1) is 10.2 Å². The van der Waals surface area contributed by atoms with Crippen LogP contribution >= 0.6 is 22.7 Å². The predicted octanol–water partition coefficient (Wildman–Crippen LogP) is 5.19. The Bertz CT molecular complexity index is 1430. The fourth-order valence-corrected chi connectivity index (χ4v) is 5.13. The van der Waals surface area contributed by atoms with Gasteiger partial charge in [-0.1, -0.05) is 47.7 Å². The van der Waals surface area contributed by atoms with Crippen molar-refractivity contribution in [1.82, 2.24) is 29.8 Å². The molecule has 2 aromatic carbocycles. The van der Waals surface area contributed by atoms with Gasteiger partial charge in [-0.2, -0.15) is 9.61 Å². The molecule has 0 N–H and O–H groups in total. The highest BCUT2D eigenvalue weighted by molar-refractivity contribution is 7.22. The minimum absolute atomic E-state index is 0.688. The Kier molecular flexibility index (Phi) is 3.71. The lowest BCUT2D eigenvalue weighted by atomic mass is 10.1. The molecule has 0 spiro atoms. The number of nitrogens with zero attached hydrogens (tertiary/aromatic N) is 6. The molecular formula is C21H12N6S2. The number of aromatic nitrogens is 6. The van der Waals surface area contributed by atoms with Gasteiger partial charge in [-0.25, -0.2) is 4.98 Å². The number of hydrogen-bond donors (Lipinski definition) is 0. The normalized spacial score (nSPS) is 11.4. The standard InChI is InChI=1S/C21H12N6S2/c1-2-8-15(14(7-1)19-23-16-9-3-4-10-17(16)28-19)20-26-27-18(24-25-21(27)29-20)13-6-5-11-22-12-13/h1-12H. The molecule has 0 aliphatic rings. The SMILES string of the molecule is c1cncc(-c2nnc3sc(-c4ccccc4-c4nc5ccccc5s4)nn23)c1. The number of hydrogen-bond acceptors (Lipinski definition) is 7. The molecule has 29 heavy (non-hydrogen) atoms. The van der Waals surface area contributed by atoms with Crippen molar-refractivity contribution < 1.29 is 0 Å². The van der Waals surface area contributed by atoms with Crippen molar-refractivity contribution in [3.63, 3.8) is 0 Å². The zero-order chi connectivity index (χ0) is 19.2. The Hall–Kier alpha value is -3.49. The van der Waals surface area contributed by atoms with Crippen molar-refractivity contribution in [3.05, 3.63) is 73.1 Å². The first kappa shape index (κ1) is 16.5. The number of benzene rings is 2. The molecule has 6 aromatic rings. The van der Waals surface area contributed by atoms with Crippen LogP contribution in [0.1, 0.15) is 0 Å². The zero-order valence-electron chi connectivity index (χ0n) is 14.9. The quantitative estimate of drug-likeness (QED) is 0.400. The summed E-state index contributed by atoms with van der Waals surface area (Å²) in [5.41, 5.74) is 4.01. The first-order chi connectivity index (χ1) is 14.4. The fraction of sp³-hybridized carbons (Fsp3) is 0. The molecule has 138 valence electrons. The highest BCUT2D eigenvalue weighted by atomic mass is 32.1. The summed E-state index contributed by atoms with van der Waals surface area (Å²) >= 11 is 3.21. The number of rotatable bonds is 3. The fourth-order valence-electron chi connectivity index (χ4n) is 3.24. The van der Waals surface area contributed by atoms with E-state index in [1.54, 1.807) is 28.2 Å². The van der Waals surface area contributed by atoms with Gasteiger partial charge in [0.2, 0.25) is 4.96 Å². The lowest BCUT2D eigenvalue weighted by Gasteiger charge is -2.03. The van der Waals surface area contributed by atoms with Gasteiger partial charge < -0.3 is 0 Å². The maximum absolute atomic E-state index is 4.83. The second kappa shape index (κ2) is 6.54. The summed E-state index contributed by atoms with van der Waals surface area (Å²) < 4.78 is 2.96. The summed E-state index contributed by atoms with van der Waals surface area (Å²) in [6.07, 6.45) is 3.51. The second-order valence-electron chi connectivity index (χ2n) is 6.40. The summed E-state index contributed by atoms with van der Waals surface area (Å²) in [5.74, 6) is 0.688. The molecule has 0 radical (unpaired) electrons. The Labute approximate surface area is 173 Å². The molecule has 0 bridgehead atoms. The first-order valence-corrected chi connectivity index (χ1v) is 10.6. The summed E-state index contributed by atoms with van der Waals surface area (Å²) in [4.78, 5) is 9.75. The second-order valence-corrected chi connectivity index (χ2v) is 8.39. The number of pyridine rings is 1. The third-order valence-electron chi connectivity index (χ3n) is 4.59. The molecular weight excluding hydrogens is 400 g/mol. The third-order valence-corrected chi connectivity index (χ3v) is 6.59. The van der Waals surface area contributed by atoms with Crippen LogP contribution in [0.25, 0.3) is 47.7 Å². The first-order valence-electron chi connectivity index (χ1n) is 8.95. The van der Waals surface area contributed by atoms with Crippen LogP contribution in [-0.2, 0) is 0 Å². The van der Waals surface area contributed by atoms with Crippen LogP contribution in [0.15, 0.2) is 73.1 Å². The van der Waals surface area contributed by atoms with Crippen LogP contribution in [0, 0.1) is 0 Å². The van der Waals surface area contributed by atoms with E-state index in [9.17, 15) is 0 Å². The van der Waals surface area contributed by atoms with E-state index in [2.05, 4.69) is 33.4 Å². The zero-order valence-corrected chi connectivity index (χ0v) is 16.6. The van der Waals surface area contributed by atoms with Gasteiger partial charge in [-0.3, -0.25) is 4.98 Å². The number of thiazole rings is 1. The van der Waals surface area contributed by atoms with E-state index >= 15 is 0 Å². The van der Waals surface area contributed by atoms with E-state index in [0.29, 0.717) is 5.82 Å². The van der Waals surface area contributed by atoms with Gasteiger partial charge in [0.1, 0.15) is 10.0 Å². The van der Waals surface area contributed by atoms with Crippen molar-refractivity contribution in [3.8, 4) is 32.5 Å². The molecule has 4 aromatic heterocycles. The van der Waals surface area contributed by atoms with Gasteiger partial charge in [0.15, 0.2) is 5.82 Å². The van der Waals surface area contributed by atoms with E-state index in [1.807, 2.05) is 42.5 Å². The average Bonchev–Trinajstić information content (AvgIpc) is 3.48. The van der Waals surface area contributed by atoms with E-state index in [0.717, 1.165) is 37.2 Å². The van der Waals surface area contributed by atoms with Crippen LogP contribution in [0.2, 0.25) is 0 Å². The molecule has 0 aliphatic heterocycles. The molecule has 4 heterocycles. The Morgan fingerprint density at radius 3 is 2.41 bits per heavy atom. The molecule has 0 aliphatic carbocycles.